The molecule has 1 saturated carbocycles. The van der Waals surface area contributed by atoms with Crippen LogP contribution in [0.1, 0.15) is 32.6 Å². The number of thiophene rings is 1. The Morgan fingerprint density at radius 1 is 1.47 bits per heavy atom. The summed E-state index contributed by atoms with van der Waals surface area (Å²) in [5.74, 6) is 0.685. The molecule has 0 aromatic carbocycles. The molecule has 108 valence electrons. The quantitative estimate of drug-likeness (QED) is 0.729. The van der Waals surface area contributed by atoms with Gasteiger partial charge in [0.05, 0.1) is 0 Å². The number of sulfonamides is 1. The molecule has 0 saturated heterocycles. The summed E-state index contributed by atoms with van der Waals surface area (Å²) < 4.78 is 28.9. The fraction of sp³-hybridized carbons (Fsp3) is 0.667. The van der Waals surface area contributed by atoms with Crippen LogP contribution in [0.5, 0.6) is 0 Å². The Hall–Kier alpha value is 0.570. The smallest absolute Gasteiger partial charge is 0.206 e. The Balaban J connectivity index is 2.21. The lowest BCUT2D eigenvalue weighted by Gasteiger charge is -2.38. The molecule has 1 heterocycles. The summed E-state index contributed by atoms with van der Waals surface area (Å²) in [4.78, 5) is 0. The first-order valence-corrected chi connectivity index (χ1v) is 10.5. The van der Waals surface area contributed by atoms with E-state index in [1.165, 1.54) is 11.3 Å². The van der Waals surface area contributed by atoms with Crippen molar-refractivity contribution in [3.05, 3.63) is 15.9 Å². The number of hydrogen-bond acceptors (Lipinski definition) is 3. The molecule has 2 rings (SSSR count). The van der Waals surface area contributed by atoms with Crippen LogP contribution >= 0.6 is 43.2 Å². The Morgan fingerprint density at radius 3 is 2.58 bits per heavy atom. The summed E-state index contributed by atoms with van der Waals surface area (Å²) in [5.41, 5.74) is -0.339. The zero-order valence-electron chi connectivity index (χ0n) is 10.7. The van der Waals surface area contributed by atoms with Crippen LogP contribution in [0, 0.1) is 5.92 Å². The highest BCUT2D eigenvalue weighted by Gasteiger charge is 2.38. The van der Waals surface area contributed by atoms with Crippen molar-refractivity contribution < 1.29 is 8.42 Å². The number of hydrogen-bond donors (Lipinski definition) is 1. The van der Waals surface area contributed by atoms with E-state index in [0.717, 1.165) is 25.7 Å². The Bertz CT molecular complexity index is 534. The SMILES string of the molecule is CC1CCC(CBr)(NS(=O)(=O)c2sccc2Br)CC1. The van der Waals surface area contributed by atoms with Crippen LogP contribution in [-0.2, 0) is 10.0 Å². The van der Waals surface area contributed by atoms with Gasteiger partial charge in [0.2, 0.25) is 0 Å². The van der Waals surface area contributed by atoms with Crippen molar-refractivity contribution >= 4 is 53.2 Å². The summed E-state index contributed by atoms with van der Waals surface area (Å²) in [6, 6.07) is 1.77. The van der Waals surface area contributed by atoms with Crippen LogP contribution < -0.4 is 4.72 Å². The predicted molar refractivity (Wildman–Crippen MR) is 86.5 cm³/mol. The molecule has 1 aliphatic rings. The second kappa shape index (κ2) is 6.13. The van der Waals surface area contributed by atoms with Crippen LogP contribution in [0.25, 0.3) is 0 Å². The van der Waals surface area contributed by atoms with Gasteiger partial charge in [0, 0.05) is 15.3 Å². The minimum Gasteiger partial charge on any atom is -0.206 e. The van der Waals surface area contributed by atoms with Crippen molar-refractivity contribution in [2.75, 3.05) is 5.33 Å². The normalized spacial score (nSPS) is 28.5. The van der Waals surface area contributed by atoms with Gasteiger partial charge in [0.1, 0.15) is 4.21 Å². The second-order valence-corrected chi connectivity index (χ2v) is 9.47. The van der Waals surface area contributed by atoms with E-state index < -0.39 is 10.0 Å². The van der Waals surface area contributed by atoms with Gasteiger partial charge in [0.25, 0.3) is 10.0 Å². The third kappa shape index (κ3) is 3.61. The fourth-order valence-corrected chi connectivity index (χ4v) is 7.06. The summed E-state index contributed by atoms with van der Waals surface area (Å²) in [5, 5.41) is 2.44. The number of halogens is 2. The zero-order chi connectivity index (χ0) is 14.1. The monoisotopic (exact) mass is 429 g/mol. The Morgan fingerprint density at radius 2 is 2.11 bits per heavy atom. The van der Waals surface area contributed by atoms with Crippen molar-refractivity contribution in [1.82, 2.24) is 4.72 Å². The van der Waals surface area contributed by atoms with Gasteiger partial charge in [-0.2, -0.15) is 0 Å². The van der Waals surface area contributed by atoms with E-state index in [2.05, 4.69) is 43.5 Å². The summed E-state index contributed by atoms with van der Waals surface area (Å²) >= 11 is 8.02. The number of alkyl halides is 1. The highest BCUT2D eigenvalue weighted by atomic mass is 79.9. The minimum absolute atomic E-state index is 0.339. The van der Waals surface area contributed by atoms with Crippen molar-refractivity contribution in [2.24, 2.45) is 5.92 Å². The molecule has 0 bridgehead atoms. The molecule has 3 nitrogen and oxygen atoms in total. The maximum absolute atomic E-state index is 12.5. The maximum atomic E-state index is 12.5. The van der Waals surface area contributed by atoms with Gasteiger partial charge in [-0.1, -0.05) is 22.9 Å². The first-order chi connectivity index (χ1) is 8.88. The van der Waals surface area contributed by atoms with Gasteiger partial charge in [0.15, 0.2) is 0 Å². The molecule has 0 unspecified atom stereocenters. The average Bonchev–Trinajstić information content (AvgIpc) is 2.79. The second-order valence-electron chi connectivity index (χ2n) is 5.26. The van der Waals surface area contributed by atoms with E-state index in [1.54, 1.807) is 11.4 Å². The first-order valence-electron chi connectivity index (χ1n) is 6.21. The summed E-state index contributed by atoms with van der Waals surface area (Å²) in [7, 11) is -3.44. The van der Waals surface area contributed by atoms with Crippen LogP contribution in [-0.4, -0.2) is 19.3 Å². The molecule has 0 aliphatic heterocycles. The molecular weight excluding hydrogens is 414 g/mol. The summed E-state index contributed by atoms with van der Waals surface area (Å²) in [6.07, 6.45) is 3.92. The lowest BCUT2D eigenvalue weighted by molar-refractivity contribution is 0.250. The lowest BCUT2D eigenvalue weighted by Crippen LogP contribution is -2.51. The molecule has 0 amide bonds. The molecule has 0 spiro atoms. The van der Waals surface area contributed by atoms with Crippen LogP contribution in [0.2, 0.25) is 0 Å². The maximum Gasteiger partial charge on any atom is 0.251 e. The van der Waals surface area contributed by atoms with E-state index in [1.807, 2.05) is 0 Å². The molecule has 0 radical (unpaired) electrons. The largest absolute Gasteiger partial charge is 0.251 e. The van der Waals surface area contributed by atoms with Gasteiger partial charge in [-0.15, -0.1) is 11.3 Å². The highest BCUT2D eigenvalue weighted by Crippen LogP contribution is 2.36. The number of rotatable bonds is 4. The van der Waals surface area contributed by atoms with Crippen LogP contribution in [0.3, 0.4) is 0 Å². The fourth-order valence-electron chi connectivity index (χ4n) is 2.38. The molecule has 19 heavy (non-hydrogen) atoms. The molecule has 0 atom stereocenters. The predicted octanol–water partition coefficient (Wildman–Crippen LogP) is 4.13. The molecular formula is C12H17Br2NO2S2. The van der Waals surface area contributed by atoms with Crippen LogP contribution in [0.4, 0.5) is 0 Å². The van der Waals surface area contributed by atoms with Gasteiger partial charge in [-0.05, 0) is 59.0 Å². The molecule has 1 N–H and O–H groups in total. The topological polar surface area (TPSA) is 46.2 Å². The average molecular weight is 431 g/mol. The third-order valence-electron chi connectivity index (χ3n) is 3.67. The standard InChI is InChI=1S/C12H17Br2NO2S2/c1-9-2-5-12(8-13,6-3-9)15-19(16,17)11-10(14)4-7-18-11/h4,7,9,15H,2-3,5-6,8H2,1H3. The van der Waals surface area contributed by atoms with E-state index >= 15 is 0 Å². The van der Waals surface area contributed by atoms with E-state index in [4.69, 9.17) is 0 Å². The Kier molecular flexibility index (Phi) is 5.15. The van der Waals surface area contributed by atoms with Gasteiger partial charge in [-0.25, -0.2) is 13.1 Å². The van der Waals surface area contributed by atoms with E-state index in [0.29, 0.717) is 19.9 Å². The highest BCUT2D eigenvalue weighted by molar-refractivity contribution is 9.10. The molecule has 7 heteroatoms. The Labute approximate surface area is 135 Å². The molecule has 1 aliphatic carbocycles. The zero-order valence-corrected chi connectivity index (χ0v) is 15.5. The minimum atomic E-state index is -3.44. The van der Waals surface area contributed by atoms with Crippen LogP contribution in [0.15, 0.2) is 20.1 Å². The summed E-state index contributed by atoms with van der Waals surface area (Å²) in [6.45, 7) is 2.22. The molecule has 1 fully saturated rings. The van der Waals surface area contributed by atoms with Crippen molar-refractivity contribution in [2.45, 2.75) is 42.4 Å². The van der Waals surface area contributed by atoms with Crippen molar-refractivity contribution in [3.8, 4) is 0 Å². The van der Waals surface area contributed by atoms with Gasteiger partial charge >= 0.3 is 0 Å². The molecule has 1 aromatic heterocycles. The van der Waals surface area contributed by atoms with E-state index in [9.17, 15) is 8.42 Å². The number of nitrogens with one attached hydrogen (secondary N) is 1. The molecule has 1 aromatic rings. The van der Waals surface area contributed by atoms with Crippen molar-refractivity contribution in [3.63, 3.8) is 0 Å². The third-order valence-corrected chi connectivity index (χ3v) is 8.99. The lowest BCUT2D eigenvalue weighted by atomic mass is 9.79. The van der Waals surface area contributed by atoms with Crippen molar-refractivity contribution in [1.29, 1.82) is 0 Å². The first kappa shape index (κ1) is 15.9. The van der Waals surface area contributed by atoms with Gasteiger partial charge < -0.3 is 0 Å². The van der Waals surface area contributed by atoms with E-state index in [-0.39, 0.29) is 5.54 Å². The van der Waals surface area contributed by atoms with Gasteiger partial charge in [-0.3, -0.25) is 0 Å².